The highest BCUT2D eigenvalue weighted by atomic mass is 35.5. The van der Waals surface area contributed by atoms with Crippen LogP contribution in [0.5, 0.6) is 5.75 Å². The van der Waals surface area contributed by atoms with E-state index < -0.39 is 5.82 Å². The van der Waals surface area contributed by atoms with Crippen LogP contribution >= 0.6 is 11.6 Å². The zero-order valence-corrected chi connectivity index (χ0v) is 14.9. The fourth-order valence-electron chi connectivity index (χ4n) is 2.91. The summed E-state index contributed by atoms with van der Waals surface area (Å²) in [6.07, 6.45) is 2.44. The van der Waals surface area contributed by atoms with E-state index in [4.69, 9.17) is 21.1 Å². The Bertz CT molecular complexity index is 961. The number of hydrogen-bond donors (Lipinski definition) is 1. The van der Waals surface area contributed by atoms with E-state index in [1.807, 2.05) is 19.1 Å². The largest absolute Gasteiger partial charge is 0.488 e. The highest BCUT2D eigenvalue weighted by molar-refractivity contribution is 6.31. The molecule has 5 nitrogen and oxygen atoms in total. The molecule has 1 N–H and O–H groups in total. The monoisotopic (exact) mass is 373 g/mol. The van der Waals surface area contributed by atoms with Crippen LogP contribution in [0.1, 0.15) is 12.0 Å². The van der Waals surface area contributed by atoms with Gasteiger partial charge in [0.25, 0.3) is 0 Å². The molecule has 0 unspecified atom stereocenters. The summed E-state index contributed by atoms with van der Waals surface area (Å²) in [7, 11) is 0. The van der Waals surface area contributed by atoms with Crippen LogP contribution in [0.4, 0.5) is 15.9 Å². The molecular weight excluding hydrogens is 357 g/mol. The molecular formula is C19H17ClFN3O2. The molecule has 0 amide bonds. The minimum atomic E-state index is -0.460. The van der Waals surface area contributed by atoms with Gasteiger partial charge in [-0.3, -0.25) is 0 Å². The molecule has 1 aromatic heterocycles. The van der Waals surface area contributed by atoms with Crippen molar-refractivity contribution in [3.63, 3.8) is 0 Å². The number of ether oxygens (including phenoxy) is 2. The average molecular weight is 374 g/mol. The van der Waals surface area contributed by atoms with Gasteiger partial charge < -0.3 is 14.8 Å². The first-order chi connectivity index (χ1) is 12.6. The highest BCUT2D eigenvalue weighted by Gasteiger charge is 2.19. The van der Waals surface area contributed by atoms with Gasteiger partial charge in [0.1, 0.15) is 29.8 Å². The van der Waals surface area contributed by atoms with Gasteiger partial charge in [0, 0.05) is 23.6 Å². The van der Waals surface area contributed by atoms with Crippen molar-refractivity contribution in [2.75, 3.05) is 18.5 Å². The van der Waals surface area contributed by atoms with Gasteiger partial charge in [-0.15, -0.1) is 0 Å². The Hall–Kier alpha value is -2.44. The van der Waals surface area contributed by atoms with Crippen LogP contribution in [0.15, 0.2) is 36.7 Å². The van der Waals surface area contributed by atoms with Crippen LogP contribution in [0.25, 0.3) is 10.9 Å². The Kier molecular flexibility index (Phi) is 4.61. The topological polar surface area (TPSA) is 56.3 Å². The minimum Gasteiger partial charge on any atom is -0.488 e. The van der Waals surface area contributed by atoms with E-state index in [0.717, 1.165) is 35.2 Å². The van der Waals surface area contributed by atoms with Crippen molar-refractivity contribution >= 4 is 34.0 Å². The molecule has 26 heavy (non-hydrogen) atoms. The lowest BCUT2D eigenvalue weighted by Crippen LogP contribution is -2.16. The molecule has 0 saturated carbocycles. The van der Waals surface area contributed by atoms with Gasteiger partial charge in [0.15, 0.2) is 0 Å². The number of aryl methyl sites for hydroxylation is 1. The van der Waals surface area contributed by atoms with Crippen LogP contribution in [0.2, 0.25) is 5.02 Å². The Morgan fingerprint density at radius 2 is 2.15 bits per heavy atom. The van der Waals surface area contributed by atoms with Gasteiger partial charge >= 0.3 is 0 Å². The molecule has 4 rings (SSSR count). The van der Waals surface area contributed by atoms with E-state index in [-0.39, 0.29) is 11.1 Å². The van der Waals surface area contributed by atoms with E-state index in [0.29, 0.717) is 18.1 Å². The molecule has 7 heteroatoms. The van der Waals surface area contributed by atoms with Gasteiger partial charge in [-0.2, -0.15) is 0 Å². The number of fused-ring (bicyclic) bond motifs is 1. The summed E-state index contributed by atoms with van der Waals surface area (Å²) < 4.78 is 24.7. The molecule has 3 aromatic rings. The molecule has 0 bridgehead atoms. The third-order valence-corrected chi connectivity index (χ3v) is 4.59. The maximum Gasteiger partial charge on any atom is 0.141 e. The Labute approximate surface area is 155 Å². The fourth-order valence-corrected chi connectivity index (χ4v) is 3.10. The average Bonchev–Trinajstić information content (AvgIpc) is 3.13. The van der Waals surface area contributed by atoms with Gasteiger partial charge in [-0.1, -0.05) is 11.6 Å². The molecule has 1 aliphatic heterocycles. The quantitative estimate of drug-likeness (QED) is 0.721. The van der Waals surface area contributed by atoms with Crippen molar-refractivity contribution in [2.24, 2.45) is 0 Å². The third-order valence-electron chi connectivity index (χ3n) is 4.30. The Morgan fingerprint density at radius 3 is 2.92 bits per heavy atom. The van der Waals surface area contributed by atoms with Crippen molar-refractivity contribution in [2.45, 2.75) is 19.4 Å². The molecule has 0 radical (unpaired) electrons. The summed E-state index contributed by atoms with van der Waals surface area (Å²) in [6.45, 7) is 3.32. The Balaban J connectivity index is 1.67. The van der Waals surface area contributed by atoms with Crippen molar-refractivity contribution in [1.82, 2.24) is 9.97 Å². The Morgan fingerprint density at radius 1 is 1.27 bits per heavy atom. The number of anilines is 2. The van der Waals surface area contributed by atoms with Crippen molar-refractivity contribution < 1.29 is 13.9 Å². The second-order valence-electron chi connectivity index (χ2n) is 6.21. The number of rotatable bonds is 4. The van der Waals surface area contributed by atoms with Crippen LogP contribution in [-0.4, -0.2) is 29.3 Å². The molecule has 1 saturated heterocycles. The van der Waals surface area contributed by atoms with Crippen LogP contribution in [0.3, 0.4) is 0 Å². The van der Waals surface area contributed by atoms with Crippen LogP contribution in [0, 0.1) is 12.7 Å². The lowest BCUT2D eigenvalue weighted by Gasteiger charge is -2.16. The third kappa shape index (κ3) is 3.43. The first-order valence-corrected chi connectivity index (χ1v) is 8.70. The SMILES string of the molecule is Cc1cc2c(Nc3ccc(F)c(Cl)c3)ncnc2cc1O[C@@H]1CCOC1. The maximum atomic E-state index is 13.3. The number of nitrogens with one attached hydrogen (secondary N) is 1. The summed E-state index contributed by atoms with van der Waals surface area (Å²) in [6, 6.07) is 8.34. The number of hydrogen-bond acceptors (Lipinski definition) is 5. The van der Waals surface area contributed by atoms with Gasteiger partial charge in [-0.05, 0) is 36.8 Å². The summed E-state index contributed by atoms with van der Waals surface area (Å²) in [5.41, 5.74) is 2.40. The van der Waals surface area contributed by atoms with Crippen molar-refractivity contribution in [1.29, 1.82) is 0 Å². The van der Waals surface area contributed by atoms with Crippen molar-refractivity contribution in [3.05, 3.63) is 53.1 Å². The van der Waals surface area contributed by atoms with Crippen LogP contribution < -0.4 is 10.1 Å². The van der Waals surface area contributed by atoms with E-state index in [2.05, 4.69) is 15.3 Å². The second kappa shape index (κ2) is 7.05. The molecule has 1 atom stereocenters. The second-order valence-corrected chi connectivity index (χ2v) is 6.62. The lowest BCUT2D eigenvalue weighted by atomic mass is 10.1. The standard InChI is InChI=1S/C19H17ClFN3O2/c1-11-6-14-17(8-18(11)26-13-4-5-25-9-13)22-10-23-19(14)24-12-2-3-16(21)15(20)7-12/h2-3,6-8,10,13H,4-5,9H2,1H3,(H,22,23,24)/t13-/m1/s1. The number of nitrogens with zero attached hydrogens (tertiary/aromatic N) is 2. The van der Waals surface area contributed by atoms with E-state index in [1.165, 1.54) is 18.5 Å². The predicted octanol–water partition coefficient (Wildman–Crippen LogP) is 4.64. The van der Waals surface area contributed by atoms with Crippen molar-refractivity contribution in [3.8, 4) is 5.75 Å². The van der Waals surface area contributed by atoms with Crippen LogP contribution in [-0.2, 0) is 4.74 Å². The zero-order valence-electron chi connectivity index (χ0n) is 14.1. The molecule has 0 spiro atoms. The number of halogens is 2. The normalized spacial score (nSPS) is 16.8. The highest BCUT2D eigenvalue weighted by Crippen LogP contribution is 2.31. The van der Waals surface area contributed by atoms with E-state index in [9.17, 15) is 4.39 Å². The number of benzene rings is 2. The fraction of sp³-hybridized carbons (Fsp3) is 0.263. The first-order valence-electron chi connectivity index (χ1n) is 8.32. The maximum absolute atomic E-state index is 13.3. The van der Waals surface area contributed by atoms with Gasteiger partial charge in [0.05, 0.1) is 23.8 Å². The minimum absolute atomic E-state index is 0.0546. The number of aromatic nitrogens is 2. The molecule has 0 aliphatic carbocycles. The van der Waals surface area contributed by atoms with E-state index in [1.54, 1.807) is 6.07 Å². The summed E-state index contributed by atoms with van der Waals surface area (Å²) in [5.74, 6) is 0.956. The van der Waals surface area contributed by atoms with E-state index >= 15 is 0 Å². The van der Waals surface area contributed by atoms with Gasteiger partial charge in [-0.25, -0.2) is 14.4 Å². The zero-order chi connectivity index (χ0) is 18.1. The lowest BCUT2D eigenvalue weighted by molar-refractivity contribution is 0.141. The smallest absolute Gasteiger partial charge is 0.141 e. The predicted molar refractivity (Wildman–Crippen MR) is 98.8 cm³/mol. The summed E-state index contributed by atoms with van der Waals surface area (Å²) >= 11 is 5.85. The molecule has 2 heterocycles. The first kappa shape index (κ1) is 17.0. The molecule has 2 aromatic carbocycles. The molecule has 1 fully saturated rings. The molecule has 1 aliphatic rings. The summed E-state index contributed by atoms with van der Waals surface area (Å²) in [4.78, 5) is 8.65. The van der Waals surface area contributed by atoms with Gasteiger partial charge in [0.2, 0.25) is 0 Å². The molecule has 134 valence electrons. The summed E-state index contributed by atoms with van der Waals surface area (Å²) in [5, 5.41) is 4.07.